The van der Waals surface area contributed by atoms with Crippen molar-refractivity contribution in [2.24, 2.45) is 0 Å². The molecule has 0 saturated carbocycles. The van der Waals surface area contributed by atoms with Gasteiger partial charge in [0.15, 0.2) is 0 Å². The van der Waals surface area contributed by atoms with E-state index in [1.54, 1.807) is 0 Å². The number of allylic oxidation sites excluding steroid dienone is 5. The van der Waals surface area contributed by atoms with E-state index in [-0.39, 0.29) is 5.41 Å². The van der Waals surface area contributed by atoms with Crippen LogP contribution in [-0.4, -0.2) is 0 Å². The molecule has 3 aromatic rings. The molecule has 4 rings (SSSR count). The van der Waals surface area contributed by atoms with Crippen LogP contribution in [0.3, 0.4) is 0 Å². The van der Waals surface area contributed by atoms with Crippen molar-refractivity contribution in [3.8, 4) is 0 Å². The monoisotopic (exact) mass is 394 g/mol. The molecule has 0 spiro atoms. The Labute approximate surface area is 183 Å². The van der Waals surface area contributed by atoms with Gasteiger partial charge in [-0.15, -0.1) is 0 Å². The lowest BCUT2D eigenvalue weighted by atomic mass is 9.67. The van der Waals surface area contributed by atoms with Crippen LogP contribution in [0.5, 0.6) is 0 Å². The fourth-order valence-corrected chi connectivity index (χ4v) is 4.29. The molecule has 0 amide bonds. The minimum atomic E-state index is -0.303. The van der Waals surface area contributed by atoms with Crippen molar-refractivity contribution in [2.45, 2.75) is 40.0 Å². The van der Waals surface area contributed by atoms with Crippen molar-refractivity contribution in [2.75, 3.05) is 0 Å². The standard InChI is InChI=1S/C26H22.2C2H6/c1-3-4-18-24-20(2)23-17-11-12-19-25(23)26(24,21-13-7-5-8-14-21)22-15-9-6-10-16-22;2*1-2/h3-19H,1H2,2H3;2*1-2H3/b18-4-;;. The summed E-state index contributed by atoms with van der Waals surface area (Å²) in [6.45, 7) is 14.1. The van der Waals surface area contributed by atoms with Gasteiger partial charge in [0.1, 0.15) is 0 Å². The summed E-state index contributed by atoms with van der Waals surface area (Å²) in [7, 11) is 0. The lowest BCUT2D eigenvalue weighted by Gasteiger charge is -2.34. The third kappa shape index (κ3) is 3.96. The van der Waals surface area contributed by atoms with Crippen LogP contribution in [0.25, 0.3) is 5.57 Å². The maximum atomic E-state index is 3.88. The zero-order valence-electron chi connectivity index (χ0n) is 19.0. The number of hydrogen-bond acceptors (Lipinski definition) is 0. The molecule has 0 saturated heterocycles. The van der Waals surface area contributed by atoms with Crippen molar-refractivity contribution in [3.05, 3.63) is 138 Å². The molecule has 1 aliphatic rings. The second-order valence-electron chi connectivity index (χ2n) is 6.66. The van der Waals surface area contributed by atoms with Crippen LogP contribution in [-0.2, 0) is 5.41 Å². The van der Waals surface area contributed by atoms with Crippen LogP contribution >= 0.6 is 0 Å². The van der Waals surface area contributed by atoms with Crippen molar-refractivity contribution < 1.29 is 0 Å². The molecule has 0 nitrogen and oxygen atoms in total. The summed E-state index contributed by atoms with van der Waals surface area (Å²) in [5, 5.41) is 0. The number of rotatable bonds is 4. The Morgan fingerprint density at radius 2 is 1.13 bits per heavy atom. The Bertz CT molecular complexity index is 949. The first-order valence-electron chi connectivity index (χ1n) is 11.0. The van der Waals surface area contributed by atoms with E-state index in [0.717, 1.165) is 0 Å². The minimum Gasteiger partial charge on any atom is -0.0991 e. The van der Waals surface area contributed by atoms with Gasteiger partial charge in [0.25, 0.3) is 0 Å². The average molecular weight is 395 g/mol. The predicted octanol–water partition coefficient (Wildman–Crippen LogP) is 8.60. The van der Waals surface area contributed by atoms with E-state index >= 15 is 0 Å². The molecule has 0 radical (unpaired) electrons. The molecule has 154 valence electrons. The number of benzene rings is 3. The van der Waals surface area contributed by atoms with Crippen LogP contribution in [0.15, 0.2) is 115 Å². The molecule has 0 aliphatic heterocycles. The number of hydrogen-bond donors (Lipinski definition) is 0. The highest BCUT2D eigenvalue weighted by molar-refractivity contribution is 5.86. The highest BCUT2D eigenvalue weighted by atomic mass is 14.5. The van der Waals surface area contributed by atoms with Gasteiger partial charge >= 0.3 is 0 Å². The molecule has 0 bridgehead atoms. The average Bonchev–Trinajstić information content (AvgIpc) is 3.10. The summed E-state index contributed by atoms with van der Waals surface area (Å²) in [5.74, 6) is 0. The molecule has 0 atom stereocenters. The van der Waals surface area contributed by atoms with E-state index in [4.69, 9.17) is 0 Å². The Kier molecular flexibility index (Phi) is 8.62. The van der Waals surface area contributed by atoms with Gasteiger partial charge in [-0.1, -0.05) is 137 Å². The first kappa shape index (κ1) is 23.2. The predicted molar refractivity (Wildman–Crippen MR) is 134 cm³/mol. The highest BCUT2D eigenvalue weighted by Crippen LogP contribution is 2.54. The molecule has 3 aromatic carbocycles. The first-order chi connectivity index (χ1) is 14.8. The summed E-state index contributed by atoms with van der Waals surface area (Å²) in [5.41, 5.74) is 7.59. The Morgan fingerprint density at radius 1 is 0.667 bits per heavy atom. The lowest BCUT2D eigenvalue weighted by Crippen LogP contribution is -2.29. The van der Waals surface area contributed by atoms with E-state index in [1.165, 1.54) is 33.4 Å². The van der Waals surface area contributed by atoms with E-state index in [9.17, 15) is 0 Å². The highest BCUT2D eigenvalue weighted by Gasteiger charge is 2.45. The normalized spacial score (nSPS) is 13.6. The molecule has 0 heterocycles. The van der Waals surface area contributed by atoms with Crippen molar-refractivity contribution in [1.29, 1.82) is 0 Å². The zero-order chi connectivity index (χ0) is 22.0. The Morgan fingerprint density at radius 3 is 1.63 bits per heavy atom. The third-order valence-electron chi connectivity index (χ3n) is 5.36. The quantitative estimate of drug-likeness (QED) is 0.389. The van der Waals surface area contributed by atoms with Gasteiger partial charge in [-0.05, 0) is 40.3 Å². The second-order valence-corrected chi connectivity index (χ2v) is 6.66. The summed E-state index contributed by atoms with van der Waals surface area (Å²) < 4.78 is 0. The van der Waals surface area contributed by atoms with Crippen molar-refractivity contribution in [1.82, 2.24) is 0 Å². The maximum Gasteiger partial charge on any atom is 0.0710 e. The lowest BCUT2D eigenvalue weighted by molar-refractivity contribution is 0.761. The largest absolute Gasteiger partial charge is 0.0991 e. The molecular formula is C30H34. The van der Waals surface area contributed by atoms with Crippen molar-refractivity contribution >= 4 is 5.57 Å². The maximum absolute atomic E-state index is 3.88. The fourth-order valence-electron chi connectivity index (χ4n) is 4.29. The zero-order valence-corrected chi connectivity index (χ0v) is 19.0. The van der Waals surface area contributed by atoms with Gasteiger partial charge in [-0.2, -0.15) is 0 Å². The van der Waals surface area contributed by atoms with Crippen LogP contribution in [0.2, 0.25) is 0 Å². The summed E-state index contributed by atoms with van der Waals surface area (Å²) in [6.07, 6.45) is 6.12. The van der Waals surface area contributed by atoms with Crippen LogP contribution < -0.4 is 0 Å². The summed E-state index contributed by atoms with van der Waals surface area (Å²) >= 11 is 0. The van der Waals surface area contributed by atoms with Gasteiger partial charge in [0, 0.05) is 0 Å². The smallest absolute Gasteiger partial charge is 0.0710 e. The molecule has 30 heavy (non-hydrogen) atoms. The Hall–Kier alpha value is -3.12. The van der Waals surface area contributed by atoms with Gasteiger partial charge in [0.05, 0.1) is 5.41 Å². The second kappa shape index (κ2) is 11.2. The summed E-state index contributed by atoms with van der Waals surface area (Å²) in [4.78, 5) is 0. The SMILES string of the molecule is C=C/C=C\C1=C(C)c2ccccc2C1(c1ccccc1)c1ccccc1.CC.CC. The fraction of sp³-hybridized carbons (Fsp3) is 0.200. The first-order valence-corrected chi connectivity index (χ1v) is 11.0. The Balaban J connectivity index is 0.000000757. The van der Waals surface area contributed by atoms with Gasteiger partial charge < -0.3 is 0 Å². The van der Waals surface area contributed by atoms with Crippen LogP contribution in [0, 0.1) is 0 Å². The molecule has 0 aromatic heterocycles. The van der Waals surface area contributed by atoms with E-state index in [1.807, 2.05) is 39.8 Å². The molecule has 1 aliphatic carbocycles. The molecular weight excluding hydrogens is 360 g/mol. The molecule has 0 N–H and O–H groups in total. The van der Waals surface area contributed by atoms with Gasteiger partial charge in [0.2, 0.25) is 0 Å². The molecule has 0 fully saturated rings. The van der Waals surface area contributed by atoms with Crippen LogP contribution in [0.4, 0.5) is 0 Å². The molecule has 0 unspecified atom stereocenters. The molecule has 0 heteroatoms. The third-order valence-corrected chi connectivity index (χ3v) is 5.36. The van der Waals surface area contributed by atoms with E-state index < -0.39 is 0 Å². The van der Waals surface area contributed by atoms with Crippen molar-refractivity contribution in [3.63, 3.8) is 0 Å². The van der Waals surface area contributed by atoms with Gasteiger partial charge in [-0.25, -0.2) is 0 Å². The van der Waals surface area contributed by atoms with E-state index in [2.05, 4.69) is 105 Å². The topological polar surface area (TPSA) is 0 Å². The van der Waals surface area contributed by atoms with Gasteiger partial charge in [-0.3, -0.25) is 0 Å². The summed E-state index contributed by atoms with van der Waals surface area (Å²) in [6, 6.07) is 30.4. The number of fused-ring (bicyclic) bond motifs is 1. The minimum absolute atomic E-state index is 0.303. The van der Waals surface area contributed by atoms with Crippen LogP contribution in [0.1, 0.15) is 56.9 Å². The van der Waals surface area contributed by atoms with E-state index in [0.29, 0.717) is 0 Å².